The van der Waals surface area contributed by atoms with E-state index in [-0.39, 0.29) is 18.3 Å². The molecule has 2 heterocycles. The van der Waals surface area contributed by atoms with Gasteiger partial charge < -0.3 is 10.1 Å². The Hall–Kier alpha value is -3.10. The van der Waals surface area contributed by atoms with Gasteiger partial charge in [-0.2, -0.15) is 10.2 Å². The fourth-order valence-electron chi connectivity index (χ4n) is 3.30. The van der Waals surface area contributed by atoms with E-state index in [4.69, 9.17) is 16.3 Å². The zero-order valence-electron chi connectivity index (χ0n) is 18.5. The summed E-state index contributed by atoms with van der Waals surface area (Å²) in [6.07, 6.45) is 3.52. The van der Waals surface area contributed by atoms with Crippen LogP contribution in [0.25, 0.3) is 0 Å². The number of rotatable bonds is 7. The largest absolute Gasteiger partial charge is 0.471 e. The van der Waals surface area contributed by atoms with E-state index in [2.05, 4.69) is 62.6 Å². The molecule has 7 nitrogen and oxygen atoms in total. The standard InChI is InChI=1S/C24H23BrClN5O2/c1-15-4-6-18(7-5-15)12-31-13-20(25)23(29-31)27-24(32)21-8-9-30(28-21)14-33-19-10-16(2)22(26)17(3)11-19/h4-11,13H,12,14H2,1-3H3,(H,27,29,32). The fraction of sp³-hybridized carbons (Fsp3) is 0.208. The number of carbonyl (C=O) groups is 1. The van der Waals surface area contributed by atoms with Gasteiger partial charge in [0.1, 0.15) is 5.75 Å². The van der Waals surface area contributed by atoms with Crippen LogP contribution in [-0.4, -0.2) is 25.5 Å². The van der Waals surface area contributed by atoms with Gasteiger partial charge in [0.15, 0.2) is 18.2 Å². The van der Waals surface area contributed by atoms with Crippen LogP contribution in [0.15, 0.2) is 59.3 Å². The van der Waals surface area contributed by atoms with E-state index >= 15 is 0 Å². The molecule has 0 fully saturated rings. The highest BCUT2D eigenvalue weighted by Gasteiger charge is 2.15. The number of anilines is 1. The van der Waals surface area contributed by atoms with Crippen LogP contribution in [0.1, 0.15) is 32.7 Å². The van der Waals surface area contributed by atoms with Crippen molar-refractivity contribution in [3.8, 4) is 5.75 Å². The van der Waals surface area contributed by atoms with E-state index in [0.717, 1.165) is 21.7 Å². The summed E-state index contributed by atoms with van der Waals surface area (Å²) in [4.78, 5) is 12.7. The van der Waals surface area contributed by atoms with E-state index in [9.17, 15) is 4.79 Å². The minimum absolute atomic E-state index is 0.169. The van der Waals surface area contributed by atoms with Crippen LogP contribution in [0, 0.1) is 20.8 Å². The highest BCUT2D eigenvalue weighted by molar-refractivity contribution is 9.10. The Labute approximate surface area is 205 Å². The molecule has 0 aliphatic heterocycles. The number of carbonyl (C=O) groups excluding carboxylic acids is 1. The van der Waals surface area contributed by atoms with Crippen molar-refractivity contribution >= 4 is 39.3 Å². The van der Waals surface area contributed by atoms with Crippen LogP contribution in [0.4, 0.5) is 5.82 Å². The van der Waals surface area contributed by atoms with Gasteiger partial charge in [0.05, 0.1) is 11.0 Å². The molecule has 2 aromatic carbocycles. The molecule has 0 saturated heterocycles. The van der Waals surface area contributed by atoms with Gasteiger partial charge in [0, 0.05) is 17.4 Å². The van der Waals surface area contributed by atoms with Gasteiger partial charge in [0.25, 0.3) is 5.91 Å². The van der Waals surface area contributed by atoms with Crippen LogP contribution in [-0.2, 0) is 13.3 Å². The number of aromatic nitrogens is 4. The maximum atomic E-state index is 12.7. The molecule has 9 heteroatoms. The normalized spacial score (nSPS) is 10.9. The van der Waals surface area contributed by atoms with E-state index in [1.165, 1.54) is 5.56 Å². The van der Waals surface area contributed by atoms with Crippen molar-refractivity contribution in [3.05, 3.63) is 92.3 Å². The minimum atomic E-state index is -0.354. The zero-order chi connectivity index (χ0) is 23.5. The molecule has 0 atom stereocenters. The molecule has 0 aliphatic carbocycles. The van der Waals surface area contributed by atoms with Crippen molar-refractivity contribution in [3.63, 3.8) is 0 Å². The maximum absolute atomic E-state index is 12.7. The van der Waals surface area contributed by atoms with Crippen LogP contribution in [0.3, 0.4) is 0 Å². The second kappa shape index (κ2) is 9.80. The lowest BCUT2D eigenvalue weighted by Gasteiger charge is -2.10. The van der Waals surface area contributed by atoms with Gasteiger partial charge in [-0.3, -0.25) is 9.48 Å². The number of hydrogen-bond acceptors (Lipinski definition) is 4. The van der Waals surface area contributed by atoms with Crippen LogP contribution < -0.4 is 10.1 Å². The summed E-state index contributed by atoms with van der Waals surface area (Å²) < 4.78 is 9.81. The van der Waals surface area contributed by atoms with Gasteiger partial charge >= 0.3 is 0 Å². The Kier molecular flexibility index (Phi) is 6.85. The molecule has 1 amide bonds. The number of benzene rings is 2. The molecule has 33 heavy (non-hydrogen) atoms. The van der Waals surface area contributed by atoms with Crippen molar-refractivity contribution in [1.82, 2.24) is 19.6 Å². The van der Waals surface area contributed by atoms with Gasteiger partial charge in [-0.05, 0) is 71.6 Å². The summed E-state index contributed by atoms with van der Waals surface area (Å²) in [6.45, 7) is 6.68. The molecule has 4 rings (SSSR count). The molecule has 0 saturated carbocycles. The molecule has 0 bridgehead atoms. The van der Waals surface area contributed by atoms with Crippen molar-refractivity contribution in [2.75, 3.05) is 5.32 Å². The molecular formula is C24H23BrClN5O2. The van der Waals surface area contributed by atoms with Crippen LogP contribution >= 0.6 is 27.5 Å². The van der Waals surface area contributed by atoms with Crippen molar-refractivity contribution in [2.45, 2.75) is 34.0 Å². The first kappa shape index (κ1) is 23.1. The summed E-state index contributed by atoms with van der Waals surface area (Å²) >= 11 is 9.67. The molecule has 0 aliphatic rings. The topological polar surface area (TPSA) is 74.0 Å². The monoisotopic (exact) mass is 527 g/mol. The van der Waals surface area contributed by atoms with Gasteiger partial charge in [-0.1, -0.05) is 41.4 Å². The highest BCUT2D eigenvalue weighted by Crippen LogP contribution is 2.26. The Balaban J connectivity index is 1.37. The summed E-state index contributed by atoms with van der Waals surface area (Å²) in [5.41, 5.74) is 4.48. The predicted molar refractivity (Wildman–Crippen MR) is 132 cm³/mol. The Morgan fingerprint density at radius 2 is 1.76 bits per heavy atom. The second-order valence-electron chi connectivity index (χ2n) is 7.85. The number of halogens is 2. The third kappa shape index (κ3) is 5.64. The first-order valence-electron chi connectivity index (χ1n) is 10.3. The maximum Gasteiger partial charge on any atom is 0.277 e. The zero-order valence-corrected chi connectivity index (χ0v) is 20.8. The molecule has 1 N–H and O–H groups in total. The quantitative estimate of drug-likeness (QED) is 0.331. The minimum Gasteiger partial charge on any atom is -0.471 e. The van der Waals surface area contributed by atoms with Gasteiger partial charge in [-0.25, -0.2) is 4.68 Å². The number of nitrogens with one attached hydrogen (secondary N) is 1. The molecule has 0 unspecified atom stereocenters. The Morgan fingerprint density at radius 3 is 2.45 bits per heavy atom. The number of amides is 1. The smallest absolute Gasteiger partial charge is 0.277 e. The van der Waals surface area contributed by atoms with E-state index < -0.39 is 0 Å². The third-order valence-electron chi connectivity index (χ3n) is 5.06. The average Bonchev–Trinajstić information content (AvgIpc) is 3.39. The van der Waals surface area contributed by atoms with Crippen LogP contribution in [0.2, 0.25) is 5.02 Å². The highest BCUT2D eigenvalue weighted by atomic mass is 79.9. The fourth-order valence-corrected chi connectivity index (χ4v) is 3.82. The molecule has 4 aromatic rings. The average molecular weight is 529 g/mol. The Morgan fingerprint density at radius 1 is 1.06 bits per heavy atom. The van der Waals surface area contributed by atoms with E-state index in [1.54, 1.807) is 21.6 Å². The van der Waals surface area contributed by atoms with Crippen LogP contribution in [0.5, 0.6) is 5.75 Å². The Bertz CT molecular complexity index is 1270. The van der Waals surface area contributed by atoms with E-state index in [1.807, 2.05) is 32.2 Å². The predicted octanol–water partition coefficient (Wildman–Crippen LogP) is 5.76. The lowest BCUT2D eigenvalue weighted by Crippen LogP contribution is -2.15. The van der Waals surface area contributed by atoms with Gasteiger partial charge in [0.2, 0.25) is 0 Å². The first-order valence-corrected chi connectivity index (χ1v) is 11.5. The van der Waals surface area contributed by atoms with Crippen molar-refractivity contribution in [2.24, 2.45) is 0 Å². The number of ether oxygens (including phenoxy) is 1. The number of aryl methyl sites for hydroxylation is 3. The van der Waals surface area contributed by atoms with Crippen molar-refractivity contribution < 1.29 is 9.53 Å². The van der Waals surface area contributed by atoms with Gasteiger partial charge in [-0.15, -0.1) is 0 Å². The summed E-state index contributed by atoms with van der Waals surface area (Å²) in [5.74, 6) is 0.775. The summed E-state index contributed by atoms with van der Waals surface area (Å²) in [7, 11) is 0. The second-order valence-corrected chi connectivity index (χ2v) is 9.08. The summed E-state index contributed by atoms with van der Waals surface area (Å²) in [5, 5.41) is 12.3. The van der Waals surface area contributed by atoms with E-state index in [0.29, 0.717) is 22.6 Å². The third-order valence-corrected chi connectivity index (χ3v) is 6.24. The van der Waals surface area contributed by atoms with Crippen molar-refractivity contribution in [1.29, 1.82) is 0 Å². The summed E-state index contributed by atoms with van der Waals surface area (Å²) in [6, 6.07) is 13.6. The lowest BCUT2D eigenvalue weighted by molar-refractivity contribution is 0.101. The molecule has 0 radical (unpaired) electrons. The molecule has 170 valence electrons. The first-order chi connectivity index (χ1) is 15.8. The molecule has 0 spiro atoms. The lowest BCUT2D eigenvalue weighted by atomic mass is 10.1. The molecular weight excluding hydrogens is 506 g/mol. The SMILES string of the molecule is Cc1ccc(Cn2cc(Br)c(NC(=O)c3ccn(COc4cc(C)c(Cl)c(C)c4)n3)n2)cc1. The number of nitrogens with zero attached hydrogens (tertiary/aromatic N) is 4. The molecule has 2 aromatic heterocycles. The number of hydrogen-bond donors (Lipinski definition) is 1.